The molecule has 2 rings (SSSR count). The van der Waals surface area contributed by atoms with Gasteiger partial charge in [0.25, 0.3) is 0 Å². The molecule has 0 bridgehead atoms. The molecule has 0 aliphatic carbocycles. The lowest BCUT2D eigenvalue weighted by atomic mass is 10.1. The monoisotopic (exact) mass is 248 g/mol. The van der Waals surface area contributed by atoms with Crippen LogP contribution < -0.4 is 10.5 Å². The SMILES string of the molecule is COc1ccc(C[C@@H](N)C(=O)N2CCCC2)cc1. The number of rotatable bonds is 4. The van der Waals surface area contributed by atoms with Crippen molar-refractivity contribution in [1.29, 1.82) is 0 Å². The minimum absolute atomic E-state index is 0.0725. The van der Waals surface area contributed by atoms with E-state index in [4.69, 9.17) is 10.5 Å². The molecule has 1 saturated heterocycles. The highest BCUT2D eigenvalue weighted by Gasteiger charge is 2.23. The highest BCUT2D eigenvalue weighted by atomic mass is 16.5. The Morgan fingerprint density at radius 2 is 1.94 bits per heavy atom. The standard InChI is InChI=1S/C14H20N2O2/c1-18-12-6-4-11(5-7-12)10-13(15)14(17)16-8-2-3-9-16/h4-7,13H,2-3,8-10,15H2,1H3/t13-/m1/s1. The molecule has 0 spiro atoms. The van der Waals surface area contributed by atoms with Gasteiger partial charge in [0, 0.05) is 13.1 Å². The molecule has 4 heteroatoms. The van der Waals surface area contributed by atoms with Gasteiger partial charge in [0.2, 0.25) is 5.91 Å². The first-order valence-corrected chi connectivity index (χ1v) is 6.38. The van der Waals surface area contributed by atoms with Gasteiger partial charge in [-0.2, -0.15) is 0 Å². The van der Waals surface area contributed by atoms with E-state index in [9.17, 15) is 4.79 Å². The van der Waals surface area contributed by atoms with E-state index >= 15 is 0 Å². The number of hydrogen-bond acceptors (Lipinski definition) is 3. The maximum atomic E-state index is 12.0. The first-order valence-electron chi connectivity index (χ1n) is 6.38. The summed E-state index contributed by atoms with van der Waals surface area (Å²) < 4.78 is 5.10. The van der Waals surface area contributed by atoms with Crippen LogP contribution in [0.5, 0.6) is 5.75 Å². The summed E-state index contributed by atoms with van der Waals surface area (Å²) in [7, 11) is 1.64. The fourth-order valence-corrected chi connectivity index (χ4v) is 2.27. The summed E-state index contributed by atoms with van der Waals surface area (Å²) >= 11 is 0. The summed E-state index contributed by atoms with van der Waals surface area (Å²) in [6.45, 7) is 1.71. The first-order chi connectivity index (χ1) is 8.70. The summed E-state index contributed by atoms with van der Waals surface area (Å²) in [5.74, 6) is 0.890. The third-order valence-corrected chi connectivity index (χ3v) is 3.35. The van der Waals surface area contributed by atoms with Gasteiger partial charge in [-0.25, -0.2) is 0 Å². The molecule has 0 radical (unpaired) electrons. The van der Waals surface area contributed by atoms with E-state index in [0.717, 1.165) is 37.2 Å². The van der Waals surface area contributed by atoms with E-state index in [1.807, 2.05) is 29.2 Å². The fraction of sp³-hybridized carbons (Fsp3) is 0.500. The maximum Gasteiger partial charge on any atom is 0.239 e. The molecule has 1 atom stereocenters. The summed E-state index contributed by atoms with van der Waals surface area (Å²) in [5, 5.41) is 0. The highest BCUT2D eigenvalue weighted by molar-refractivity contribution is 5.82. The number of likely N-dealkylation sites (tertiary alicyclic amines) is 1. The van der Waals surface area contributed by atoms with Crippen LogP contribution in [0, 0.1) is 0 Å². The molecule has 2 N–H and O–H groups in total. The molecule has 98 valence electrons. The van der Waals surface area contributed by atoms with Crippen molar-refractivity contribution in [2.75, 3.05) is 20.2 Å². The second-order valence-corrected chi connectivity index (χ2v) is 4.69. The third-order valence-electron chi connectivity index (χ3n) is 3.35. The molecule has 1 aromatic rings. The first kappa shape index (κ1) is 12.9. The Hall–Kier alpha value is -1.55. The largest absolute Gasteiger partial charge is 0.497 e. The topological polar surface area (TPSA) is 55.6 Å². The Bertz CT molecular complexity index is 397. The number of hydrogen-bond donors (Lipinski definition) is 1. The van der Waals surface area contributed by atoms with Crippen LogP contribution in [0.1, 0.15) is 18.4 Å². The van der Waals surface area contributed by atoms with Crippen LogP contribution in [-0.2, 0) is 11.2 Å². The molecule has 1 heterocycles. The quantitative estimate of drug-likeness (QED) is 0.870. The Kier molecular flexibility index (Phi) is 4.20. The molecule has 0 aromatic heterocycles. The number of carbonyl (C=O) groups excluding carboxylic acids is 1. The van der Waals surface area contributed by atoms with E-state index < -0.39 is 6.04 Å². The highest BCUT2D eigenvalue weighted by Crippen LogP contribution is 2.14. The van der Waals surface area contributed by atoms with Crippen molar-refractivity contribution >= 4 is 5.91 Å². The van der Waals surface area contributed by atoms with Gasteiger partial charge in [-0.1, -0.05) is 12.1 Å². The second kappa shape index (κ2) is 5.87. The predicted octanol–water partition coefficient (Wildman–Crippen LogP) is 1.19. The number of amides is 1. The number of carbonyl (C=O) groups is 1. The van der Waals surface area contributed by atoms with E-state index in [-0.39, 0.29) is 5.91 Å². The van der Waals surface area contributed by atoms with E-state index in [0.29, 0.717) is 6.42 Å². The molecule has 1 aromatic carbocycles. The van der Waals surface area contributed by atoms with Gasteiger partial charge < -0.3 is 15.4 Å². The zero-order valence-electron chi connectivity index (χ0n) is 10.8. The predicted molar refractivity (Wildman–Crippen MR) is 70.5 cm³/mol. The number of benzene rings is 1. The summed E-state index contributed by atoms with van der Waals surface area (Å²) in [5.41, 5.74) is 7.04. The van der Waals surface area contributed by atoms with Crippen LogP contribution in [-0.4, -0.2) is 37.0 Å². The average Bonchev–Trinajstić information content (AvgIpc) is 2.92. The van der Waals surface area contributed by atoms with Gasteiger partial charge in [0.15, 0.2) is 0 Å². The zero-order chi connectivity index (χ0) is 13.0. The van der Waals surface area contributed by atoms with Gasteiger partial charge in [0.05, 0.1) is 13.2 Å². The molecule has 4 nitrogen and oxygen atoms in total. The van der Waals surface area contributed by atoms with E-state index in [1.165, 1.54) is 0 Å². The minimum atomic E-state index is -0.434. The molecule has 0 saturated carbocycles. The normalized spacial score (nSPS) is 16.7. The molecule has 1 fully saturated rings. The lowest BCUT2D eigenvalue weighted by Crippen LogP contribution is -2.43. The van der Waals surface area contributed by atoms with Gasteiger partial charge in [-0.3, -0.25) is 4.79 Å². The van der Waals surface area contributed by atoms with Crippen molar-refractivity contribution in [2.45, 2.75) is 25.3 Å². The van der Waals surface area contributed by atoms with Crippen LogP contribution in [0.4, 0.5) is 0 Å². The van der Waals surface area contributed by atoms with Crippen molar-refractivity contribution in [3.05, 3.63) is 29.8 Å². The molecule has 1 aliphatic rings. The van der Waals surface area contributed by atoms with Crippen molar-refractivity contribution in [3.63, 3.8) is 0 Å². The third kappa shape index (κ3) is 3.01. The van der Waals surface area contributed by atoms with Gasteiger partial charge in [0.1, 0.15) is 5.75 Å². The molecular weight excluding hydrogens is 228 g/mol. The fourth-order valence-electron chi connectivity index (χ4n) is 2.27. The molecular formula is C14H20N2O2. The lowest BCUT2D eigenvalue weighted by Gasteiger charge is -2.20. The maximum absolute atomic E-state index is 12.0. The van der Waals surface area contributed by atoms with E-state index in [1.54, 1.807) is 7.11 Å². The van der Waals surface area contributed by atoms with Gasteiger partial charge in [-0.15, -0.1) is 0 Å². The second-order valence-electron chi connectivity index (χ2n) is 4.69. The summed E-state index contributed by atoms with van der Waals surface area (Å²) in [6, 6.07) is 7.26. The van der Waals surface area contributed by atoms with Crippen LogP contribution in [0.3, 0.4) is 0 Å². The molecule has 0 unspecified atom stereocenters. The minimum Gasteiger partial charge on any atom is -0.497 e. The van der Waals surface area contributed by atoms with Crippen molar-refractivity contribution in [3.8, 4) is 5.75 Å². The Balaban J connectivity index is 1.92. The van der Waals surface area contributed by atoms with Gasteiger partial charge >= 0.3 is 0 Å². The molecule has 1 aliphatic heterocycles. The van der Waals surface area contributed by atoms with Crippen LogP contribution in [0.25, 0.3) is 0 Å². The number of methoxy groups -OCH3 is 1. The number of ether oxygens (including phenoxy) is 1. The average molecular weight is 248 g/mol. The van der Waals surface area contributed by atoms with E-state index in [2.05, 4.69) is 0 Å². The van der Waals surface area contributed by atoms with Crippen molar-refractivity contribution < 1.29 is 9.53 Å². The lowest BCUT2D eigenvalue weighted by molar-refractivity contribution is -0.131. The Morgan fingerprint density at radius 1 is 1.33 bits per heavy atom. The van der Waals surface area contributed by atoms with Crippen LogP contribution >= 0.6 is 0 Å². The number of nitrogens with two attached hydrogens (primary N) is 1. The van der Waals surface area contributed by atoms with Crippen LogP contribution in [0.2, 0.25) is 0 Å². The number of nitrogens with zero attached hydrogens (tertiary/aromatic N) is 1. The molecule has 18 heavy (non-hydrogen) atoms. The smallest absolute Gasteiger partial charge is 0.239 e. The Morgan fingerprint density at radius 3 is 2.50 bits per heavy atom. The summed E-state index contributed by atoms with van der Waals surface area (Å²) in [4.78, 5) is 13.9. The molecule has 1 amide bonds. The zero-order valence-corrected chi connectivity index (χ0v) is 10.8. The van der Waals surface area contributed by atoms with Crippen molar-refractivity contribution in [2.24, 2.45) is 5.73 Å². The van der Waals surface area contributed by atoms with Crippen LogP contribution in [0.15, 0.2) is 24.3 Å². The van der Waals surface area contributed by atoms with Crippen molar-refractivity contribution in [1.82, 2.24) is 4.90 Å². The summed E-state index contributed by atoms with van der Waals surface area (Å²) in [6.07, 6.45) is 2.78. The Labute approximate surface area is 108 Å². The van der Waals surface area contributed by atoms with Gasteiger partial charge in [-0.05, 0) is 37.0 Å².